The Morgan fingerprint density at radius 2 is 1.81 bits per heavy atom. The summed E-state index contributed by atoms with van der Waals surface area (Å²) in [6, 6.07) is -0.555. The molecule has 6 N–H and O–H groups in total. The number of Topliss-reactive ketones (excluding diaryl/α,β-unsaturated/α-hetero) is 1. The molecule has 1 aromatic heterocycles. The van der Waals surface area contributed by atoms with E-state index in [9.17, 15) is 24.9 Å². The van der Waals surface area contributed by atoms with Gasteiger partial charge in [-0.1, -0.05) is 39.3 Å². The molecule has 0 saturated heterocycles. The molecule has 9 heteroatoms. The summed E-state index contributed by atoms with van der Waals surface area (Å²) in [6.45, 7) is 12.2. The van der Waals surface area contributed by atoms with E-state index in [0.29, 0.717) is 6.42 Å². The first kappa shape index (κ1) is 32.1. The lowest BCUT2D eigenvalue weighted by atomic mass is 9.73. The number of thiazole rings is 1. The largest absolute Gasteiger partial charge is 0.481 e. The molecule has 6 unspecified atom stereocenters. The number of ketones is 1. The number of carboxylic acids is 1. The van der Waals surface area contributed by atoms with Crippen LogP contribution < -0.4 is 5.73 Å². The number of hydrogen-bond acceptors (Lipinski definition) is 8. The quantitative estimate of drug-likeness (QED) is 0.218. The number of rotatable bonds is 15. The maximum atomic E-state index is 12.9. The molecule has 6 atom stereocenters. The van der Waals surface area contributed by atoms with Crippen molar-refractivity contribution in [1.29, 1.82) is 0 Å². The molecule has 0 aromatic carbocycles. The Morgan fingerprint density at radius 3 is 2.33 bits per heavy atom. The highest BCUT2D eigenvalue weighted by Crippen LogP contribution is 2.31. The van der Waals surface area contributed by atoms with E-state index in [2.05, 4.69) is 4.98 Å². The molecule has 1 rings (SSSR count). The number of aliphatic carboxylic acids is 1. The first-order valence-electron chi connectivity index (χ1n) is 12.4. The fourth-order valence-corrected chi connectivity index (χ4v) is 4.83. The molecule has 0 aliphatic rings. The lowest BCUT2D eigenvalue weighted by Gasteiger charge is -2.34. The molecule has 0 bridgehead atoms. The van der Waals surface area contributed by atoms with Crippen molar-refractivity contribution in [3.63, 3.8) is 0 Å². The molecule has 0 amide bonds. The Bertz CT molecular complexity index is 938. The Kier molecular flexibility index (Phi) is 12.6. The van der Waals surface area contributed by atoms with Gasteiger partial charge in [-0.15, -0.1) is 11.3 Å². The zero-order valence-electron chi connectivity index (χ0n) is 22.6. The summed E-state index contributed by atoms with van der Waals surface area (Å²) < 4.78 is 0. The van der Waals surface area contributed by atoms with Gasteiger partial charge in [0.2, 0.25) is 0 Å². The SMILES string of the molecule is CC(=CC(N)C(O)C(C)=Cc1csc(C)n1)CCCC(C)C(O)C(C)C(=O)C(C)(C)C(O)CC(=O)O. The first-order valence-corrected chi connectivity index (χ1v) is 13.3. The van der Waals surface area contributed by atoms with E-state index in [4.69, 9.17) is 10.8 Å². The number of nitrogens with zero attached hydrogens (tertiary/aromatic N) is 1. The molecule has 0 aliphatic carbocycles. The molecule has 0 fully saturated rings. The van der Waals surface area contributed by atoms with Crippen LogP contribution in [0.3, 0.4) is 0 Å². The van der Waals surface area contributed by atoms with Crippen LogP contribution >= 0.6 is 11.3 Å². The van der Waals surface area contributed by atoms with Gasteiger partial charge in [0.15, 0.2) is 0 Å². The van der Waals surface area contributed by atoms with Crippen molar-refractivity contribution < 1.29 is 30.0 Å². The molecular weight excluding hydrogens is 480 g/mol. The second-order valence-corrected chi connectivity index (χ2v) is 11.6. The molecule has 0 aliphatic heterocycles. The Morgan fingerprint density at radius 1 is 1.19 bits per heavy atom. The van der Waals surface area contributed by atoms with Gasteiger partial charge in [0, 0.05) is 11.3 Å². The highest BCUT2D eigenvalue weighted by molar-refractivity contribution is 7.09. The average Bonchev–Trinajstić information content (AvgIpc) is 3.20. The molecule has 204 valence electrons. The van der Waals surface area contributed by atoms with Gasteiger partial charge in [-0.05, 0) is 57.6 Å². The van der Waals surface area contributed by atoms with Crippen molar-refractivity contribution in [2.75, 3.05) is 0 Å². The fourth-order valence-electron chi connectivity index (χ4n) is 4.26. The van der Waals surface area contributed by atoms with E-state index in [1.54, 1.807) is 18.3 Å². The van der Waals surface area contributed by atoms with E-state index < -0.39 is 48.1 Å². The Hall–Kier alpha value is -1.91. The summed E-state index contributed by atoms with van der Waals surface area (Å²) in [6.07, 6.45) is 2.27. The van der Waals surface area contributed by atoms with Gasteiger partial charge < -0.3 is 26.2 Å². The molecule has 1 heterocycles. The third-order valence-electron chi connectivity index (χ3n) is 6.90. The smallest absolute Gasteiger partial charge is 0.306 e. The van der Waals surface area contributed by atoms with E-state index in [0.717, 1.165) is 34.7 Å². The first-order chi connectivity index (χ1) is 16.6. The highest BCUT2D eigenvalue weighted by Gasteiger charge is 2.41. The monoisotopic (exact) mass is 524 g/mol. The lowest BCUT2D eigenvalue weighted by Crippen LogP contribution is -2.45. The van der Waals surface area contributed by atoms with E-state index >= 15 is 0 Å². The predicted molar refractivity (Wildman–Crippen MR) is 143 cm³/mol. The summed E-state index contributed by atoms with van der Waals surface area (Å²) in [7, 11) is 0. The minimum absolute atomic E-state index is 0.171. The summed E-state index contributed by atoms with van der Waals surface area (Å²) in [5.74, 6) is -2.45. The van der Waals surface area contributed by atoms with Gasteiger partial charge in [-0.25, -0.2) is 4.98 Å². The molecule has 1 aromatic rings. The summed E-state index contributed by atoms with van der Waals surface area (Å²) in [5.41, 5.74) is 7.51. The molecule has 36 heavy (non-hydrogen) atoms. The van der Waals surface area contributed by atoms with Crippen LogP contribution in [0.5, 0.6) is 0 Å². The topological polar surface area (TPSA) is 154 Å². The van der Waals surface area contributed by atoms with Crippen molar-refractivity contribution in [2.24, 2.45) is 23.0 Å². The Labute approximate surface area is 219 Å². The number of aryl methyl sites for hydroxylation is 1. The maximum Gasteiger partial charge on any atom is 0.306 e. The van der Waals surface area contributed by atoms with Crippen LogP contribution in [0.15, 0.2) is 22.6 Å². The number of aliphatic hydroxyl groups is 3. The third-order valence-corrected chi connectivity index (χ3v) is 7.69. The molecule has 8 nitrogen and oxygen atoms in total. The summed E-state index contributed by atoms with van der Waals surface area (Å²) in [4.78, 5) is 28.2. The predicted octanol–water partition coefficient (Wildman–Crippen LogP) is 3.72. The van der Waals surface area contributed by atoms with Crippen LogP contribution in [0.25, 0.3) is 6.08 Å². The number of carboxylic acid groups (broad SMARTS) is 1. The Balaban J connectivity index is 2.62. The van der Waals surface area contributed by atoms with Gasteiger partial charge in [-0.3, -0.25) is 9.59 Å². The highest BCUT2D eigenvalue weighted by atomic mass is 32.1. The fraction of sp³-hybridized carbons (Fsp3) is 0.667. The number of hydrogen-bond donors (Lipinski definition) is 5. The zero-order valence-corrected chi connectivity index (χ0v) is 23.4. The van der Waals surface area contributed by atoms with Crippen molar-refractivity contribution >= 4 is 29.2 Å². The number of aliphatic hydroxyl groups excluding tert-OH is 3. The number of allylic oxidation sites excluding steroid dienone is 1. The van der Waals surface area contributed by atoms with Gasteiger partial charge >= 0.3 is 5.97 Å². The van der Waals surface area contributed by atoms with Crippen LogP contribution in [-0.4, -0.2) is 61.5 Å². The van der Waals surface area contributed by atoms with Crippen molar-refractivity contribution in [1.82, 2.24) is 4.98 Å². The summed E-state index contributed by atoms with van der Waals surface area (Å²) >= 11 is 1.55. The number of carbonyl (C=O) groups excluding carboxylic acids is 1. The number of nitrogens with two attached hydrogens (primary N) is 1. The van der Waals surface area contributed by atoms with Crippen LogP contribution in [0, 0.1) is 24.2 Å². The normalized spacial score (nSPS) is 18.3. The van der Waals surface area contributed by atoms with Crippen LogP contribution in [0.4, 0.5) is 0 Å². The second-order valence-electron chi connectivity index (χ2n) is 10.6. The average molecular weight is 525 g/mol. The third kappa shape index (κ3) is 9.52. The molecule has 0 spiro atoms. The molecule has 0 radical (unpaired) electrons. The van der Waals surface area contributed by atoms with Gasteiger partial charge in [-0.2, -0.15) is 0 Å². The van der Waals surface area contributed by atoms with Crippen LogP contribution in [0.2, 0.25) is 0 Å². The van der Waals surface area contributed by atoms with Gasteiger partial charge in [0.1, 0.15) is 5.78 Å². The second kappa shape index (κ2) is 14.1. The van der Waals surface area contributed by atoms with Gasteiger partial charge in [0.25, 0.3) is 0 Å². The van der Waals surface area contributed by atoms with E-state index in [1.807, 2.05) is 45.2 Å². The maximum absolute atomic E-state index is 12.9. The van der Waals surface area contributed by atoms with Crippen molar-refractivity contribution in [2.45, 2.75) is 98.5 Å². The molecular formula is C27H44N2O6S. The molecule has 0 saturated carbocycles. The van der Waals surface area contributed by atoms with E-state index in [1.165, 1.54) is 13.8 Å². The van der Waals surface area contributed by atoms with Crippen LogP contribution in [0.1, 0.15) is 77.9 Å². The summed E-state index contributed by atoms with van der Waals surface area (Å²) in [5, 5.41) is 43.3. The minimum Gasteiger partial charge on any atom is -0.481 e. The van der Waals surface area contributed by atoms with Gasteiger partial charge in [0.05, 0.1) is 46.9 Å². The van der Waals surface area contributed by atoms with Crippen molar-refractivity contribution in [3.05, 3.63) is 33.3 Å². The number of aromatic nitrogens is 1. The van der Waals surface area contributed by atoms with Crippen molar-refractivity contribution in [3.8, 4) is 0 Å². The number of carbonyl (C=O) groups is 2. The standard InChI is InChI=1S/C27H44N2O6S/c1-15(11-21(28)25(34)17(3)12-20-14-36-19(5)29-20)9-8-10-16(2)24(33)18(4)26(35)27(6,7)22(30)13-23(31)32/h11-12,14,16,18,21-22,24-25,30,33-34H,8-10,13,28H2,1-7H3,(H,31,32). The lowest BCUT2D eigenvalue weighted by molar-refractivity contribution is -0.147. The minimum atomic E-state index is -1.33. The van der Waals surface area contributed by atoms with E-state index in [-0.39, 0.29) is 11.7 Å². The van der Waals surface area contributed by atoms with Crippen LogP contribution in [-0.2, 0) is 9.59 Å². The zero-order chi connectivity index (χ0) is 27.8.